The van der Waals surface area contributed by atoms with Gasteiger partial charge in [-0.3, -0.25) is 0 Å². The predicted molar refractivity (Wildman–Crippen MR) is 84.7 cm³/mol. The second-order valence-corrected chi connectivity index (χ2v) is 6.15. The van der Waals surface area contributed by atoms with Crippen LogP contribution in [-0.2, 0) is 0 Å². The highest BCUT2D eigenvalue weighted by Gasteiger charge is 2.14. The third-order valence-corrected chi connectivity index (χ3v) is 3.27. The fourth-order valence-electron chi connectivity index (χ4n) is 2.75. The Morgan fingerprint density at radius 3 is 2.11 bits per heavy atom. The van der Waals surface area contributed by atoms with Crippen LogP contribution >= 0.6 is 0 Å². The Morgan fingerprint density at radius 2 is 1.63 bits per heavy atom. The summed E-state index contributed by atoms with van der Waals surface area (Å²) in [6.45, 7) is 14.3. The van der Waals surface area contributed by atoms with Gasteiger partial charge in [-0.1, -0.05) is 50.1 Å². The Kier molecular flexibility index (Phi) is 6.53. The predicted octanol–water partition coefficient (Wildman–Crippen LogP) is 3.54. The van der Waals surface area contributed by atoms with Crippen molar-refractivity contribution in [2.75, 3.05) is 26.7 Å². The Hall–Kier alpha value is -0.860. The van der Waals surface area contributed by atoms with Gasteiger partial charge in [0.2, 0.25) is 0 Å². The van der Waals surface area contributed by atoms with E-state index in [1.165, 1.54) is 16.7 Å². The molecule has 0 saturated carbocycles. The fourth-order valence-corrected chi connectivity index (χ4v) is 2.75. The summed E-state index contributed by atoms with van der Waals surface area (Å²) in [6, 6.07) is 7.28. The Morgan fingerprint density at radius 1 is 1.05 bits per heavy atom. The average Bonchev–Trinajstić information content (AvgIpc) is 2.25. The van der Waals surface area contributed by atoms with Crippen LogP contribution in [0.15, 0.2) is 18.2 Å². The van der Waals surface area contributed by atoms with E-state index < -0.39 is 0 Å². The molecule has 0 radical (unpaired) electrons. The van der Waals surface area contributed by atoms with Crippen LogP contribution in [0.1, 0.15) is 43.5 Å². The van der Waals surface area contributed by atoms with Crippen molar-refractivity contribution in [3.8, 4) is 0 Å². The van der Waals surface area contributed by atoms with E-state index in [9.17, 15) is 0 Å². The average molecular weight is 262 g/mol. The molecule has 0 spiro atoms. The van der Waals surface area contributed by atoms with Crippen molar-refractivity contribution >= 4 is 0 Å². The van der Waals surface area contributed by atoms with E-state index in [2.05, 4.69) is 70.1 Å². The van der Waals surface area contributed by atoms with E-state index in [1.54, 1.807) is 0 Å². The molecule has 108 valence electrons. The molecular formula is C17H30N2. The first-order valence-electron chi connectivity index (χ1n) is 7.42. The summed E-state index contributed by atoms with van der Waals surface area (Å²) < 4.78 is 0. The van der Waals surface area contributed by atoms with Gasteiger partial charge < -0.3 is 10.2 Å². The van der Waals surface area contributed by atoms with Gasteiger partial charge >= 0.3 is 0 Å². The molecule has 1 atom stereocenters. The van der Waals surface area contributed by atoms with Gasteiger partial charge in [0.1, 0.15) is 0 Å². The summed E-state index contributed by atoms with van der Waals surface area (Å²) in [5.41, 5.74) is 4.11. The van der Waals surface area contributed by atoms with Crippen LogP contribution in [0.25, 0.3) is 0 Å². The fraction of sp³-hybridized carbons (Fsp3) is 0.647. The van der Waals surface area contributed by atoms with Gasteiger partial charge in [-0.05, 0) is 38.9 Å². The van der Waals surface area contributed by atoms with Gasteiger partial charge in [0.15, 0.2) is 0 Å². The normalized spacial score (nSPS) is 13.3. The molecule has 0 aliphatic rings. The van der Waals surface area contributed by atoms with Gasteiger partial charge in [-0.2, -0.15) is 0 Å². The number of rotatable bonds is 7. The van der Waals surface area contributed by atoms with Crippen molar-refractivity contribution in [1.82, 2.24) is 10.2 Å². The van der Waals surface area contributed by atoms with Crippen molar-refractivity contribution in [3.63, 3.8) is 0 Å². The van der Waals surface area contributed by atoms with E-state index in [0.29, 0.717) is 12.0 Å². The number of benzene rings is 1. The van der Waals surface area contributed by atoms with Gasteiger partial charge in [0.25, 0.3) is 0 Å². The molecule has 2 heteroatoms. The lowest BCUT2D eigenvalue weighted by Crippen LogP contribution is -2.34. The quantitative estimate of drug-likeness (QED) is 0.808. The SMILES string of the molecule is CCNC(CN(C)CC(C)C)c1cc(C)cc(C)c1. The molecule has 1 N–H and O–H groups in total. The van der Waals surface area contributed by atoms with Crippen LogP contribution in [0.2, 0.25) is 0 Å². The summed E-state index contributed by atoms with van der Waals surface area (Å²) in [7, 11) is 2.22. The molecule has 2 nitrogen and oxygen atoms in total. The summed E-state index contributed by atoms with van der Waals surface area (Å²) in [5.74, 6) is 0.714. The van der Waals surface area contributed by atoms with Crippen LogP contribution in [0, 0.1) is 19.8 Å². The van der Waals surface area contributed by atoms with Crippen molar-refractivity contribution < 1.29 is 0 Å². The zero-order valence-electron chi connectivity index (χ0n) is 13.5. The molecule has 0 amide bonds. The Bertz CT molecular complexity index is 365. The third-order valence-electron chi connectivity index (χ3n) is 3.27. The molecule has 0 aromatic heterocycles. The maximum absolute atomic E-state index is 3.62. The summed E-state index contributed by atoms with van der Waals surface area (Å²) in [5, 5.41) is 3.62. The van der Waals surface area contributed by atoms with Gasteiger partial charge in [-0.15, -0.1) is 0 Å². The standard InChI is InChI=1S/C17H30N2/c1-7-18-17(12-19(6)11-13(2)3)16-9-14(4)8-15(5)10-16/h8-10,13,17-18H,7,11-12H2,1-6H3. The second kappa shape index (κ2) is 7.66. The maximum Gasteiger partial charge on any atom is 0.0449 e. The zero-order valence-corrected chi connectivity index (χ0v) is 13.5. The minimum atomic E-state index is 0.423. The topological polar surface area (TPSA) is 15.3 Å². The van der Waals surface area contributed by atoms with Crippen LogP contribution in [0.3, 0.4) is 0 Å². The third kappa shape index (κ3) is 5.75. The van der Waals surface area contributed by atoms with Gasteiger partial charge in [0.05, 0.1) is 0 Å². The summed E-state index contributed by atoms with van der Waals surface area (Å²) >= 11 is 0. The summed E-state index contributed by atoms with van der Waals surface area (Å²) in [4.78, 5) is 2.43. The van der Waals surface area contributed by atoms with Crippen LogP contribution < -0.4 is 5.32 Å². The monoisotopic (exact) mass is 262 g/mol. The maximum atomic E-state index is 3.62. The Labute approximate surface area is 119 Å². The van der Waals surface area contributed by atoms with Crippen molar-refractivity contribution in [3.05, 3.63) is 34.9 Å². The number of hydrogen-bond donors (Lipinski definition) is 1. The zero-order chi connectivity index (χ0) is 14.4. The lowest BCUT2D eigenvalue weighted by atomic mass is 10.0. The van der Waals surface area contributed by atoms with E-state index in [0.717, 1.165) is 19.6 Å². The smallest absolute Gasteiger partial charge is 0.0449 e. The minimum absolute atomic E-state index is 0.423. The number of likely N-dealkylation sites (N-methyl/N-ethyl adjacent to an activating group) is 2. The molecule has 0 saturated heterocycles. The first-order valence-corrected chi connectivity index (χ1v) is 7.42. The molecule has 0 fully saturated rings. The van der Waals surface area contributed by atoms with Crippen LogP contribution in [0.5, 0.6) is 0 Å². The van der Waals surface area contributed by atoms with Crippen LogP contribution in [-0.4, -0.2) is 31.6 Å². The van der Waals surface area contributed by atoms with Crippen LogP contribution in [0.4, 0.5) is 0 Å². The molecular weight excluding hydrogens is 232 g/mol. The first kappa shape index (κ1) is 16.2. The van der Waals surface area contributed by atoms with Crippen molar-refractivity contribution in [1.29, 1.82) is 0 Å². The molecule has 1 aromatic carbocycles. The number of hydrogen-bond acceptors (Lipinski definition) is 2. The van der Waals surface area contributed by atoms with Gasteiger partial charge in [0, 0.05) is 19.1 Å². The molecule has 1 rings (SSSR count). The Balaban J connectivity index is 2.81. The van der Waals surface area contributed by atoms with Crippen molar-refractivity contribution in [2.45, 2.75) is 40.7 Å². The summed E-state index contributed by atoms with van der Waals surface area (Å²) in [6.07, 6.45) is 0. The number of nitrogens with zero attached hydrogens (tertiary/aromatic N) is 1. The molecule has 0 aliphatic heterocycles. The minimum Gasteiger partial charge on any atom is -0.309 e. The van der Waals surface area contributed by atoms with E-state index in [1.807, 2.05) is 0 Å². The van der Waals surface area contributed by atoms with Gasteiger partial charge in [-0.25, -0.2) is 0 Å². The number of nitrogens with one attached hydrogen (secondary N) is 1. The molecule has 19 heavy (non-hydrogen) atoms. The van der Waals surface area contributed by atoms with E-state index in [4.69, 9.17) is 0 Å². The molecule has 0 aliphatic carbocycles. The largest absolute Gasteiger partial charge is 0.309 e. The molecule has 0 bridgehead atoms. The van der Waals surface area contributed by atoms with Crippen molar-refractivity contribution in [2.24, 2.45) is 5.92 Å². The lowest BCUT2D eigenvalue weighted by molar-refractivity contribution is 0.263. The van der Waals surface area contributed by atoms with E-state index >= 15 is 0 Å². The highest BCUT2D eigenvalue weighted by molar-refractivity contribution is 5.30. The highest BCUT2D eigenvalue weighted by Crippen LogP contribution is 2.18. The molecule has 1 aromatic rings. The lowest BCUT2D eigenvalue weighted by Gasteiger charge is -2.26. The second-order valence-electron chi connectivity index (χ2n) is 6.15. The van der Waals surface area contributed by atoms with E-state index in [-0.39, 0.29) is 0 Å². The number of aryl methyl sites for hydroxylation is 2. The molecule has 0 heterocycles. The highest BCUT2D eigenvalue weighted by atomic mass is 15.1. The molecule has 1 unspecified atom stereocenters. The first-order chi connectivity index (χ1) is 8.92.